The van der Waals surface area contributed by atoms with E-state index in [4.69, 9.17) is 14.7 Å². The summed E-state index contributed by atoms with van der Waals surface area (Å²) < 4.78 is 10.5. The fourth-order valence-corrected chi connectivity index (χ4v) is 3.35. The van der Waals surface area contributed by atoms with Gasteiger partial charge < -0.3 is 14.8 Å². The van der Waals surface area contributed by atoms with Crippen molar-refractivity contribution >= 4 is 57.7 Å². The number of amides is 2. The molecular formula is C23H22IN3O6. The van der Waals surface area contributed by atoms with Crippen LogP contribution in [-0.2, 0) is 14.3 Å². The summed E-state index contributed by atoms with van der Waals surface area (Å²) in [6, 6.07) is 10.8. The number of hydrogen-bond donors (Lipinski definition) is 2. The number of esters is 1. The summed E-state index contributed by atoms with van der Waals surface area (Å²) in [6.07, 6.45) is -1.28. The van der Waals surface area contributed by atoms with E-state index >= 15 is 0 Å². The maximum atomic E-state index is 12.6. The number of rotatable bonds is 6. The Morgan fingerprint density at radius 3 is 2.33 bits per heavy atom. The molecule has 0 bridgehead atoms. The summed E-state index contributed by atoms with van der Waals surface area (Å²) in [5, 5.41) is 14.1. The van der Waals surface area contributed by atoms with Crippen LogP contribution in [0.15, 0.2) is 36.4 Å². The number of nitrogens with zero attached hydrogens (tertiary/aromatic N) is 1. The van der Waals surface area contributed by atoms with Crippen LogP contribution in [-0.4, -0.2) is 36.5 Å². The molecule has 0 unspecified atom stereocenters. The van der Waals surface area contributed by atoms with Crippen LogP contribution in [0.25, 0.3) is 0 Å². The Morgan fingerprint density at radius 2 is 1.73 bits per heavy atom. The number of nitrogens with one attached hydrogen (secondary N) is 2. The highest BCUT2D eigenvalue weighted by molar-refractivity contribution is 14.1. The third-order valence-corrected chi connectivity index (χ3v) is 4.95. The molecule has 2 rings (SSSR count). The van der Waals surface area contributed by atoms with Crippen molar-refractivity contribution in [2.75, 3.05) is 17.7 Å². The summed E-state index contributed by atoms with van der Waals surface area (Å²) in [6.45, 7) is 5.07. The molecule has 0 atom stereocenters. The van der Waals surface area contributed by atoms with E-state index in [2.05, 4.69) is 10.6 Å². The molecule has 0 aliphatic rings. The standard InChI is InChI=1S/C23H22IN3O6/c1-23(2,3)33-22(31)27-17-9-15(21(30)32-4)16(24)10-18(17)26-20(29)11-19(28)14-7-5-6-13(8-14)12-25/h5-10H,11H2,1-4H3,(H,26,29)(H,27,31). The highest BCUT2D eigenvalue weighted by Crippen LogP contribution is 2.29. The Morgan fingerprint density at radius 1 is 1.06 bits per heavy atom. The Hall–Kier alpha value is -3.46. The minimum Gasteiger partial charge on any atom is -0.465 e. The third kappa shape index (κ3) is 7.57. The fraction of sp³-hybridized carbons (Fsp3) is 0.261. The van der Waals surface area contributed by atoms with E-state index in [-0.39, 0.29) is 22.5 Å². The average Bonchev–Trinajstić information content (AvgIpc) is 2.73. The van der Waals surface area contributed by atoms with E-state index in [0.29, 0.717) is 9.13 Å². The first-order valence-electron chi connectivity index (χ1n) is 9.68. The smallest absolute Gasteiger partial charge is 0.412 e. The van der Waals surface area contributed by atoms with E-state index < -0.39 is 35.8 Å². The van der Waals surface area contributed by atoms with Crippen molar-refractivity contribution in [3.63, 3.8) is 0 Å². The number of nitriles is 1. The Bertz CT molecular complexity index is 1150. The van der Waals surface area contributed by atoms with Crippen LogP contribution in [0.3, 0.4) is 0 Å². The van der Waals surface area contributed by atoms with Crippen LogP contribution in [0.5, 0.6) is 0 Å². The molecule has 2 aromatic rings. The molecule has 0 aliphatic carbocycles. The van der Waals surface area contributed by atoms with Crippen molar-refractivity contribution in [1.82, 2.24) is 0 Å². The van der Waals surface area contributed by atoms with Gasteiger partial charge in [-0.3, -0.25) is 14.9 Å². The average molecular weight is 563 g/mol. The zero-order valence-electron chi connectivity index (χ0n) is 18.4. The van der Waals surface area contributed by atoms with Gasteiger partial charge in [-0.15, -0.1) is 0 Å². The van der Waals surface area contributed by atoms with E-state index in [0.717, 1.165) is 0 Å². The Labute approximate surface area is 204 Å². The van der Waals surface area contributed by atoms with Crippen LogP contribution in [0.4, 0.5) is 16.2 Å². The number of hydrogen-bond acceptors (Lipinski definition) is 7. The molecule has 0 saturated heterocycles. The first-order valence-corrected chi connectivity index (χ1v) is 10.8. The quantitative estimate of drug-likeness (QED) is 0.229. The number of halogens is 1. The number of benzene rings is 2. The second-order valence-corrected chi connectivity index (χ2v) is 9.00. The molecule has 0 aromatic heterocycles. The van der Waals surface area contributed by atoms with Gasteiger partial charge in [-0.2, -0.15) is 5.26 Å². The normalized spacial score (nSPS) is 10.5. The molecule has 0 heterocycles. The third-order valence-electron chi connectivity index (χ3n) is 4.06. The Kier molecular flexibility index (Phi) is 8.53. The lowest BCUT2D eigenvalue weighted by molar-refractivity contribution is -0.115. The predicted octanol–water partition coefficient (Wildman–Crippen LogP) is 4.51. The molecule has 0 saturated carbocycles. The molecule has 10 heteroatoms. The number of anilines is 2. The molecule has 2 amide bonds. The summed E-state index contributed by atoms with van der Waals surface area (Å²) in [5.74, 6) is -1.75. The van der Waals surface area contributed by atoms with Gasteiger partial charge in [0.15, 0.2) is 5.78 Å². The van der Waals surface area contributed by atoms with Crippen LogP contribution in [0.2, 0.25) is 0 Å². The molecule has 0 fully saturated rings. The maximum Gasteiger partial charge on any atom is 0.412 e. The van der Waals surface area contributed by atoms with Gasteiger partial charge in [0.25, 0.3) is 0 Å². The summed E-state index contributed by atoms with van der Waals surface area (Å²) in [7, 11) is 1.22. The number of carbonyl (C=O) groups is 4. The van der Waals surface area contributed by atoms with Crippen LogP contribution < -0.4 is 10.6 Å². The lowest BCUT2D eigenvalue weighted by Gasteiger charge is -2.21. The van der Waals surface area contributed by atoms with Crippen LogP contribution >= 0.6 is 22.6 Å². The van der Waals surface area contributed by atoms with Gasteiger partial charge in [-0.1, -0.05) is 12.1 Å². The van der Waals surface area contributed by atoms with Crippen molar-refractivity contribution in [2.45, 2.75) is 32.8 Å². The summed E-state index contributed by atoms with van der Waals surface area (Å²) in [5.41, 5.74) is 0.196. The summed E-state index contributed by atoms with van der Waals surface area (Å²) >= 11 is 1.89. The first-order chi connectivity index (χ1) is 15.4. The second kappa shape index (κ2) is 10.9. The fourth-order valence-electron chi connectivity index (χ4n) is 2.66. The molecule has 172 valence electrons. The van der Waals surface area contributed by atoms with Gasteiger partial charge in [-0.05, 0) is 67.6 Å². The number of ketones is 1. The van der Waals surface area contributed by atoms with Gasteiger partial charge in [0, 0.05) is 9.13 Å². The largest absolute Gasteiger partial charge is 0.465 e. The van der Waals surface area contributed by atoms with E-state index in [1.54, 1.807) is 32.9 Å². The SMILES string of the molecule is COC(=O)c1cc(NC(=O)OC(C)(C)C)c(NC(=O)CC(=O)c2cccc(C#N)c2)cc1I. The number of Topliss-reactive ketones (excluding diaryl/α,β-unsaturated/α-hetero) is 1. The van der Waals surface area contributed by atoms with E-state index in [9.17, 15) is 19.2 Å². The monoisotopic (exact) mass is 563 g/mol. The van der Waals surface area contributed by atoms with Crippen LogP contribution in [0, 0.1) is 14.9 Å². The predicted molar refractivity (Wildman–Crippen MR) is 129 cm³/mol. The second-order valence-electron chi connectivity index (χ2n) is 7.84. The van der Waals surface area contributed by atoms with Crippen molar-refractivity contribution in [3.8, 4) is 6.07 Å². The number of ether oxygens (including phenoxy) is 2. The first kappa shape index (κ1) is 25.8. The minimum absolute atomic E-state index is 0.0948. The Balaban J connectivity index is 2.29. The lowest BCUT2D eigenvalue weighted by atomic mass is 10.1. The minimum atomic E-state index is -0.792. The molecule has 2 aromatic carbocycles. The van der Waals surface area contributed by atoms with E-state index in [1.807, 2.05) is 28.7 Å². The molecule has 9 nitrogen and oxygen atoms in total. The molecular weight excluding hydrogens is 541 g/mol. The molecule has 0 radical (unpaired) electrons. The van der Waals surface area contributed by atoms with Gasteiger partial charge in [-0.25, -0.2) is 9.59 Å². The number of methoxy groups -OCH3 is 1. The summed E-state index contributed by atoms with van der Waals surface area (Å²) in [4.78, 5) is 49.4. The molecule has 0 spiro atoms. The van der Waals surface area contributed by atoms with Crippen molar-refractivity contribution < 1.29 is 28.7 Å². The molecule has 0 aliphatic heterocycles. The van der Waals surface area contributed by atoms with Gasteiger partial charge in [0.2, 0.25) is 5.91 Å². The number of carbonyl (C=O) groups excluding carboxylic acids is 4. The lowest BCUT2D eigenvalue weighted by Crippen LogP contribution is -2.28. The highest BCUT2D eigenvalue weighted by atomic mass is 127. The molecule has 33 heavy (non-hydrogen) atoms. The van der Waals surface area contributed by atoms with E-state index in [1.165, 1.54) is 31.4 Å². The molecule has 2 N–H and O–H groups in total. The van der Waals surface area contributed by atoms with Gasteiger partial charge in [0.05, 0.1) is 42.1 Å². The van der Waals surface area contributed by atoms with Crippen molar-refractivity contribution in [2.24, 2.45) is 0 Å². The van der Waals surface area contributed by atoms with Crippen molar-refractivity contribution in [1.29, 1.82) is 5.26 Å². The zero-order valence-corrected chi connectivity index (χ0v) is 20.6. The van der Waals surface area contributed by atoms with Gasteiger partial charge >= 0.3 is 12.1 Å². The van der Waals surface area contributed by atoms with Crippen LogP contribution in [0.1, 0.15) is 53.5 Å². The highest BCUT2D eigenvalue weighted by Gasteiger charge is 2.22. The van der Waals surface area contributed by atoms with Gasteiger partial charge in [0.1, 0.15) is 5.60 Å². The topological polar surface area (TPSA) is 135 Å². The maximum absolute atomic E-state index is 12.6. The zero-order chi connectivity index (χ0) is 24.8. The van der Waals surface area contributed by atoms with Crippen molar-refractivity contribution in [3.05, 3.63) is 56.7 Å².